The number of pyridine rings is 1. The lowest BCUT2D eigenvalue weighted by molar-refractivity contribution is 0.239. The summed E-state index contributed by atoms with van der Waals surface area (Å²) in [5, 5.41) is 6.62. The topological polar surface area (TPSA) is 67.8 Å². The van der Waals surface area contributed by atoms with Gasteiger partial charge in [-0.2, -0.15) is 0 Å². The fourth-order valence-electron chi connectivity index (χ4n) is 2.43. The van der Waals surface area contributed by atoms with Crippen molar-refractivity contribution in [3.8, 4) is 11.6 Å². The van der Waals surface area contributed by atoms with E-state index in [0.29, 0.717) is 19.0 Å². The molecule has 0 saturated heterocycles. The molecule has 6 heteroatoms. The summed E-state index contributed by atoms with van der Waals surface area (Å²) >= 11 is 0. The first kappa shape index (κ1) is 19.6. The monoisotopic (exact) mass is 356 g/mol. The van der Waals surface area contributed by atoms with Gasteiger partial charge in [-0.3, -0.25) is 4.99 Å². The number of hydrogen-bond donors (Lipinski definition) is 2. The molecule has 6 nitrogen and oxygen atoms in total. The summed E-state index contributed by atoms with van der Waals surface area (Å²) < 4.78 is 11.1. The summed E-state index contributed by atoms with van der Waals surface area (Å²) in [5.74, 6) is 2.22. The van der Waals surface area contributed by atoms with E-state index in [2.05, 4.69) is 45.7 Å². The fourth-order valence-corrected chi connectivity index (χ4v) is 2.43. The van der Waals surface area contributed by atoms with Crippen molar-refractivity contribution in [1.29, 1.82) is 0 Å². The quantitative estimate of drug-likeness (QED) is 0.589. The number of rotatable bonds is 7. The number of ether oxygens (including phenoxy) is 2. The third-order valence-corrected chi connectivity index (χ3v) is 3.72. The Morgan fingerprint density at radius 3 is 2.62 bits per heavy atom. The molecule has 0 amide bonds. The maximum absolute atomic E-state index is 5.93. The van der Waals surface area contributed by atoms with Gasteiger partial charge in [-0.25, -0.2) is 4.98 Å². The highest BCUT2D eigenvalue weighted by atomic mass is 16.5. The largest absolute Gasteiger partial charge is 0.491 e. The minimum Gasteiger partial charge on any atom is -0.491 e. The fraction of sp³-hybridized carbons (Fsp3) is 0.400. The van der Waals surface area contributed by atoms with Crippen molar-refractivity contribution in [2.45, 2.75) is 40.0 Å². The number of guanidine groups is 1. The Balaban J connectivity index is 1.96. The van der Waals surface area contributed by atoms with Gasteiger partial charge >= 0.3 is 0 Å². The molecule has 0 saturated carbocycles. The lowest BCUT2D eigenvalue weighted by atomic mass is 10.1. The van der Waals surface area contributed by atoms with Crippen LogP contribution in [0.4, 0.5) is 0 Å². The number of benzene rings is 1. The van der Waals surface area contributed by atoms with Gasteiger partial charge in [-0.1, -0.05) is 12.1 Å². The Labute approximate surface area is 155 Å². The van der Waals surface area contributed by atoms with Crippen LogP contribution in [0, 0.1) is 6.92 Å². The van der Waals surface area contributed by atoms with E-state index in [0.717, 1.165) is 22.8 Å². The van der Waals surface area contributed by atoms with E-state index in [1.807, 2.05) is 26.0 Å². The second-order valence-electron chi connectivity index (χ2n) is 6.26. The minimum atomic E-state index is 0.134. The molecule has 140 valence electrons. The first-order valence-electron chi connectivity index (χ1n) is 8.71. The number of hydrogen-bond acceptors (Lipinski definition) is 4. The Morgan fingerprint density at radius 1 is 1.15 bits per heavy atom. The highest BCUT2D eigenvalue weighted by Crippen LogP contribution is 2.21. The second-order valence-corrected chi connectivity index (χ2v) is 6.26. The van der Waals surface area contributed by atoms with Crippen LogP contribution in [0.5, 0.6) is 11.6 Å². The van der Waals surface area contributed by atoms with Crippen LogP contribution < -0.4 is 20.1 Å². The molecular formula is C20H28N4O2. The van der Waals surface area contributed by atoms with Crippen molar-refractivity contribution >= 4 is 5.96 Å². The lowest BCUT2D eigenvalue weighted by Gasteiger charge is -2.17. The number of aliphatic imine (C=N–C) groups is 1. The Morgan fingerprint density at radius 2 is 1.92 bits per heavy atom. The maximum Gasteiger partial charge on any atom is 0.213 e. The molecule has 1 aromatic carbocycles. The van der Waals surface area contributed by atoms with Crippen LogP contribution in [-0.2, 0) is 13.1 Å². The maximum atomic E-state index is 5.93. The summed E-state index contributed by atoms with van der Waals surface area (Å²) in [4.78, 5) is 8.39. The molecule has 0 aliphatic carbocycles. The SMILES string of the molecule is CN=C(NCc1ccnc(OC)c1)NCc1ccc(C)cc1OC(C)C. The predicted octanol–water partition coefficient (Wildman–Crippen LogP) is 3.05. The van der Waals surface area contributed by atoms with Crippen LogP contribution >= 0.6 is 0 Å². The van der Waals surface area contributed by atoms with Crippen molar-refractivity contribution in [1.82, 2.24) is 15.6 Å². The first-order chi connectivity index (χ1) is 12.5. The molecule has 2 N–H and O–H groups in total. The van der Waals surface area contributed by atoms with Gasteiger partial charge in [-0.15, -0.1) is 0 Å². The van der Waals surface area contributed by atoms with Crippen LogP contribution in [0.2, 0.25) is 0 Å². The van der Waals surface area contributed by atoms with E-state index in [4.69, 9.17) is 9.47 Å². The molecule has 0 atom stereocenters. The van der Waals surface area contributed by atoms with E-state index >= 15 is 0 Å². The highest BCUT2D eigenvalue weighted by Gasteiger charge is 2.07. The van der Waals surface area contributed by atoms with Crippen LogP contribution in [0.25, 0.3) is 0 Å². The Bertz CT molecular complexity index is 744. The molecule has 1 aromatic heterocycles. The summed E-state index contributed by atoms with van der Waals surface area (Å²) in [7, 11) is 3.36. The van der Waals surface area contributed by atoms with Crippen LogP contribution in [-0.4, -0.2) is 31.2 Å². The van der Waals surface area contributed by atoms with Crippen LogP contribution in [0.15, 0.2) is 41.5 Å². The van der Waals surface area contributed by atoms with Gasteiger partial charge in [0.15, 0.2) is 5.96 Å². The molecule has 0 radical (unpaired) electrons. The van der Waals surface area contributed by atoms with E-state index in [1.54, 1.807) is 20.4 Å². The Kier molecular flexibility index (Phi) is 7.26. The number of nitrogens with zero attached hydrogens (tertiary/aromatic N) is 2. The van der Waals surface area contributed by atoms with Gasteiger partial charge in [0.1, 0.15) is 5.75 Å². The zero-order valence-electron chi connectivity index (χ0n) is 16.2. The zero-order valence-corrected chi connectivity index (χ0v) is 16.2. The van der Waals surface area contributed by atoms with E-state index in [9.17, 15) is 0 Å². The molecule has 2 aromatic rings. The van der Waals surface area contributed by atoms with Gasteiger partial charge in [0.05, 0.1) is 13.2 Å². The number of aromatic nitrogens is 1. The normalized spacial score (nSPS) is 11.4. The van der Waals surface area contributed by atoms with Gasteiger partial charge in [-0.05, 0) is 44.0 Å². The standard InChI is InChI=1S/C20H28N4O2/c1-14(2)26-18-10-15(3)6-7-17(18)13-24-20(21-4)23-12-16-8-9-22-19(11-16)25-5/h6-11,14H,12-13H2,1-5H3,(H2,21,23,24). The predicted molar refractivity (Wildman–Crippen MR) is 105 cm³/mol. The van der Waals surface area contributed by atoms with Gasteiger partial charge < -0.3 is 20.1 Å². The van der Waals surface area contributed by atoms with E-state index in [-0.39, 0.29) is 6.10 Å². The molecule has 0 fully saturated rings. The molecule has 1 heterocycles. The van der Waals surface area contributed by atoms with E-state index < -0.39 is 0 Å². The van der Waals surface area contributed by atoms with Gasteiger partial charge in [0.25, 0.3) is 0 Å². The molecule has 0 unspecified atom stereocenters. The summed E-state index contributed by atoms with van der Waals surface area (Å²) in [6, 6.07) is 10.1. The molecule has 0 spiro atoms. The summed E-state index contributed by atoms with van der Waals surface area (Å²) in [6.07, 6.45) is 1.86. The van der Waals surface area contributed by atoms with Crippen LogP contribution in [0.3, 0.4) is 0 Å². The third-order valence-electron chi connectivity index (χ3n) is 3.72. The average molecular weight is 356 g/mol. The molecule has 26 heavy (non-hydrogen) atoms. The second kappa shape index (κ2) is 9.65. The van der Waals surface area contributed by atoms with E-state index in [1.165, 1.54) is 5.56 Å². The van der Waals surface area contributed by atoms with Gasteiger partial charge in [0, 0.05) is 38.0 Å². The number of methoxy groups -OCH3 is 1. The van der Waals surface area contributed by atoms with Crippen molar-refractivity contribution in [3.63, 3.8) is 0 Å². The van der Waals surface area contributed by atoms with Crippen molar-refractivity contribution in [2.75, 3.05) is 14.2 Å². The Hall–Kier alpha value is -2.76. The molecule has 2 rings (SSSR count). The van der Waals surface area contributed by atoms with Gasteiger partial charge in [0.2, 0.25) is 5.88 Å². The number of aryl methyl sites for hydroxylation is 1. The average Bonchev–Trinajstić information content (AvgIpc) is 2.63. The minimum absolute atomic E-state index is 0.134. The van der Waals surface area contributed by atoms with Crippen LogP contribution in [0.1, 0.15) is 30.5 Å². The summed E-state index contributed by atoms with van der Waals surface area (Å²) in [5.41, 5.74) is 3.34. The number of nitrogens with one attached hydrogen (secondary N) is 2. The molecule has 0 aliphatic heterocycles. The van der Waals surface area contributed by atoms with Crippen molar-refractivity contribution < 1.29 is 9.47 Å². The van der Waals surface area contributed by atoms with Crippen molar-refractivity contribution in [2.24, 2.45) is 4.99 Å². The zero-order chi connectivity index (χ0) is 18.9. The highest BCUT2D eigenvalue weighted by molar-refractivity contribution is 5.79. The molecule has 0 aliphatic rings. The first-order valence-corrected chi connectivity index (χ1v) is 8.71. The van der Waals surface area contributed by atoms with Crippen molar-refractivity contribution in [3.05, 3.63) is 53.2 Å². The third kappa shape index (κ3) is 5.95. The smallest absolute Gasteiger partial charge is 0.213 e. The molecule has 0 bridgehead atoms. The summed E-state index contributed by atoms with van der Waals surface area (Å²) in [6.45, 7) is 7.38. The molecular weight excluding hydrogens is 328 g/mol. The lowest BCUT2D eigenvalue weighted by Crippen LogP contribution is -2.36.